The van der Waals surface area contributed by atoms with Crippen molar-refractivity contribution in [3.63, 3.8) is 0 Å². The van der Waals surface area contributed by atoms with Gasteiger partial charge < -0.3 is 4.98 Å². The monoisotopic (exact) mass is 229 g/mol. The average molecular weight is 229 g/mol. The predicted octanol–water partition coefficient (Wildman–Crippen LogP) is 0.909. The lowest BCUT2D eigenvalue weighted by Crippen LogP contribution is -2.31. The van der Waals surface area contributed by atoms with E-state index >= 15 is 0 Å². The molecule has 1 heterocycles. The Morgan fingerprint density at radius 3 is 2.65 bits per heavy atom. The van der Waals surface area contributed by atoms with E-state index in [0.29, 0.717) is 11.4 Å². The molecule has 0 saturated carbocycles. The molecule has 2 amide bonds. The summed E-state index contributed by atoms with van der Waals surface area (Å²) in [5.41, 5.74) is 0.459. The normalized spacial score (nSPS) is 9.88. The van der Waals surface area contributed by atoms with E-state index in [-0.39, 0.29) is 12.3 Å². The van der Waals surface area contributed by atoms with Crippen molar-refractivity contribution in [3.05, 3.63) is 54.1 Å². The molecule has 1 aromatic carbocycles. The van der Waals surface area contributed by atoms with Crippen LogP contribution >= 0.6 is 0 Å². The highest BCUT2D eigenvalue weighted by Crippen LogP contribution is 1.98. The molecule has 1 aromatic heterocycles. The third-order valence-corrected chi connectivity index (χ3v) is 2.17. The first-order chi connectivity index (χ1) is 8.25. The average Bonchev–Trinajstić information content (AvgIpc) is 2.82. The summed E-state index contributed by atoms with van der Waals surface area (Å²) in [6.45, 7) is 0. The van der Waals surface area contributed by atoms with Crippen LogP contribution in [0.1, 0.15) is 16.2 Å². The molecule has 0 saturated heterocycles. The summed E-state index contributed by atoms with van der Waals surface area (Å²) >= 11 is 0. The van der Waals surface area contributed by atoms with Crippen molar-refractivity contribution in [1.82, 2.24) is 15.3 Å². The Morgan fingerprint density at radius 1 is 1.24 bits per heavy atom. The molecule has 0 fully saturated rings. The van der Waals surface area contributed by atoms with Gasteiger partial charge in [-0.15, -0.1) is 0 Å². The van der Waals surface area contributed by atoms with Crippen LogP contribution in [0.5, 0.6) is 0 Å². The largest absolute Gasteiger partial charge is 0.348 e. The minimum absolute atomic E-state index is 0.0611. The number of nitrogens with one attached hydrogen (secondary N) is 2. The van der Waals surface area contributed by atoms with Crippen LogP contribution in [0.3, 0.4) is 0 Å². The van der Waals surface area contributed by atoms with Crippen LogP contribution in [0.25, 0.3) is 0 Å². The van der Waals surface area contributed by atoms with Crippen LogP contribution < -0.4 is 5.32 Å². The maximum Gasteiger partial charge on any atom is 0.257 e. The number of aromatic amines is 1. The maximum absolute atomic E-state index is 11.6. The Kier molecular flexibility index (Phi) is 3.30. The molecule has 5 heteroatoms. The first kappa shape index (κ1) is 11.1. The van der Waals surface area contributed by atoms with Crippen molar-refractivity contribution in [1.29, 1.82) is 0 Å². The van der Waals surface area contributed by atoms with E-state index < -0.39 is 5.91 Å². The van der Waals surface area contributed by atoms with E-state index in [1.165, 1.54) is 0 Å². The second kappa shape index (κ2) is 5.07. The molecule has 5 nitrogen and oxygen atoms in total. The molecule has 0 atom stereocenters. The summed E-state index contributed by atoms with van der Waals surface area (Å²) < 4.78 is 0. The van der Waals surface area contributed by atoms with Crippen molar-refractivity contribution in [3.8, 4) is 0 Å². The van der Waals surface area contributed by atoms with Gasteiger partial charge in [-0.1, -0.05) is 18.2 Å². The van der Waals surface area contributed by atoms with Crippen molar-refractivity contribution in [2.24, 2.45) is 0 Å². The highest BCUT2D eigenvalue weighted by atomic mass is 16.2. The number of rotatable bonds is 3. The number of imide groups is 1. The van der Waals surface area contributed by atoms with E-state index in [0.717, 1.165) is 0 Å². The van der Waals surface area contributed by atoms with Gasteiger partial charge in [0.1, 0.15) is 5.82 Å². The van der Waals surface area contributed by atoms with Crippen LogP contribution in [0.2, 0.25) is 0 Å². The fourth-order valence-corrected chi connectivity index (χ4v) is 1.38. The van der Waals surface area contributed by atoms with Gasteiger partial charge in [-0.3, -0.25) is 14.9 Å². The molecular weight excluding hydrogens is 218 g/mol. The number of carbonyl (C=O) groups is 2. The quantitative estimate of drug-likeness (QED) is 0.821. The summed E-state index contributed by atoms with van der Waals surface area (Å²) in [6.07, 6.45) is 3.24. The van der Waals surface area contributed by atoms with Gasteiger partial charge in [0.05, 0.1) is 6.42 Å². The summed E-state index contributed by atoms with van der Waals surface area (Å²) in [5.74, 6) is -0.251. The van der Waals surface area contributed by atoms with E-state index in [1.807, 2.05) is 0 Å². The lowest BCUT2D eigenvalue weighted by Gasteiger charge is -2.02. The molecule has 0 aliphatic heterocycles. The van der Waals surface area contributed by atoms with Crippen LogP contribution in [0, 0.1) is 0 Å². The molecule has 0 unspecified atom stereocenters. The first-order valence-corrected chi connectivity index (χ1v) is 5.13. The molecule has 2 N–H and O–H groups in total. The summed E-state index contributed by atoms with van der Waals surface area (Å²) in [4.78, 5) is 29.8. The maximum atomic E-state index is 11.6. The number of imidazole rings is 1. The topological polar surface area (TPSA) is 74.8 Å². The number of hydrogen-bond acceptors (Lipinski definition) is 3. The second-order valence-electron chi connectivity index (χ2n) is 3.46. The number of benzene rings is 1. The second-order valence-corrected chi connectivity index (χ2v) is 3.46. The minimum Gasteiger partial charge on any atom is -0.348 e. The lowest BCUT2D eigenvalue weighted by atomic mass is 10.2. The SMILES string of the molecule is O=C(Cc1ncc[nH]1)NC(=O)c1ccccc1. The van der Waals surface area contributed by atoms with Gasteiger partial charge in [0.25, 0.3) is 5.91 Å². The van der Waals surface area contributed by atoms with Gasteiger partial charge in [0.2, 0.25) is 5.91 Å². The summed E-state index contributed by atoms with van der Waals surface area (Å²) in [6, 6.07) is 8.59. The lowest BCUT2D eigenvalue weighted by molar-refractivity contribution is -0.119. The highest BCUT2D eigenvalue weighted by Gasteiger charge is 2.10. The third kappa shape index (κ3) is 3.01. The van der Waals surface area contributed by atoms with Crippen molar-refractivity contribution in [2.75, 3.05) is 0 Å². The standard InChI is InChI=1S/C12H11N3O2/c16-11(8-10-13-6-7-14-10)15-12(17)9-4-2-1-3-5-9/h1-7H,8H2,(H,13,14)(H,15,16,17). The number of hydrogen-bond donors (Lipinski definition) is 2. The van der Waals surface area contributed by atoms with Gasteiger partial charge in [0.15, 0.2) is 0 Å². The molecule has 2 rings (SSSR count). The van der Waals surface area contributed by atoms with E-state index in [4.69, 9.17) is 0 Å². The van der Waals surface area contributed by atoms with Crippen LogP contribution in [-0.2, 0) is 11.2 Å². The van der Waals surface area contributed by atoms with Crippen LogP contribution in [0.15, 0.2) is 42.7 Å². The molecule has 0 aliphatic rings. The van der Waals surface area contributed by atoms with Gasteiger partial charge in [-0.2, -0.15) is 0 Å². The number of nitrogens with zero attached hydrogens (tertiary/aromatic N) is 1. The number of H-pyrrole nitrogens is 1. The minimum atomic E-state index is -0.401. The molecule has 0 radical (unpaired) electrons. The van der Waals surface area contributed by atoms with Gasteiger partial charge in [-0.05, 0) is 12.1 Å². The Bertz CT molecular complexity index is 506. The van der Waals surface area contributed by atoms with E-state index in [9.17, 15) is 9.59 Å². The zero-order valence-electron chi connectivity index (χ0n) is 9.01. The Morgan fingerprint density at radius 2 is 2.00 bits per heavy atom. The molecule has 0 bridgehead atoms. The van der Waals surface area contributed by atoms with Crippen LogP contribution in [0.4, 0.5) is 0 Å². The van der Waals surface area contributed by atoms with Crippen LogP contribution in [-0.4, -0.2) is 21.8 Å². The van der Waals surface area contributed by atoms with Crippen molar-refractivity contribution in [2.45, 2.75) is 6.42 Å². The molecule has 17 heavy (non-hydrogen) atoms. The zero-order valence-corrected chi connectivity index (χ0v) is 9.01. The summed E-state index contributed by atoms with van der Waals surface area (Å²) in [7, 11) is 0. The fourth-order valence-electron chi connectivity index (χ4n) is 1.38. The molecule has 86 valence electrons. The number of amides is 2. The smallest absolute Gasteiger partial charge is 0.257 e. The van der Waals surface area contributed by atoms with E-state index in [1.54, 1.807) is 42.7 Å². The molecule has 0 spiro atoms. The molecule has 2 aromatic rings. The third-order valence-electron chi connectivity index (χ3n) is 2.17. The van der Waals surface area contributed by atoms with Gasteiger partial charge >= 0.3 is 0 Å². The first-order valence-electron chi connectivity index (χ1n) is 5.13. The van der Waals surface area contributed by atoms with Gasteiger partial charge in [0, 0.05) is 18.0 Å². The van der Waals surface area contributed by atoms with Gasteiger partial charge in [-0.25, -0.2) is 4.98 Å². The van der Waals surface area contributed by atoms with Crippen molar-refractivity contribution >= 4 is 11.8 Å². The Balaban J connectivity index is 1.93. The van der Waals surface area contributed by atoms with Crippen molar-refractivity contribution < 1.29 is 9.59 Å². The molecule has 0 aliphatic carbocycles. The number of carbonyl (C=O) groups excluding carboxylic acids is 2. The predicted molar refractivity (Wildman–Crippen MR) is 61.2 cm³/mol. The zero-order chi connectivity index (χ0) is 12.1. The molecular formula is C12H11N3O2. The summed E-state index contributed by atoms with van der Waals surface area (Å²) in [5, 5.41) is 2.30. The Labute approximate surface area is 97.9 Å². The fraction of sp³-hybridized carbons (Fsp3) is 0.0833. The number of aromatic nitrogens is 2. The van der Waals surface area contributed by atoms with E-state index in [2.05, 4.69) is 15.3 Å². The highest BCUT2D eigenvalue weighted by molar-refractivity contribution is 6.04. The Hall–Kier alpha value is -2.43.